The van der Waals surface area contributed by atoms with Crippen LogP contribution in [0.25, 0.3) is 33.1 Å². The van der Waals surface area contributed by atoms with Gasteiger partial charge in [-0.1, -0.05) is 67.2 Å². The molecule has 0 radical (unpaired) electrons. The van der Waals surface area contributed by atoms with Crippen molar-refractivity contribution in [1.29, 1.82) is 0 Å². The van der Waals surface area contributed by atoms with Crippen molar-refractivity contribution in [2.45, 2.75) is 130 Å². The van der Waals surface area contributed by atoms with E-state index in [1.807, 2.05) is 104 Å². The number of nitrogens with zero attached hydrogens (tertiary/aromatic N) is 11. The van der Waals surface area contributed by atoms with E-state index in [9.17, 15) is 23.8 Å². The largest absolute Gasteiger partial charge is 0.488 e. The summed E-state index contributed by atoms with van der Waals surface area (Å²) in [6.07, 6.45) is 6.59. The first-order valence-corrected chi connectivity index (χ1v) is 38.8. The smallest absolute Gasteiger partial charge is 0.405 e. The molecule has 4 aliphatic heterocycles. The minimum Gasteiger partial charge on any atom is -0.405 e. The monoisotopic (exact) mass is 1690 g/mol. The molecule has 4 fully saturated rings. The van der Waals surface area contributed by atoms with E-state index in [1.54, 1.807) is 12.4 Å². The van der Waals surface area contributed by atoms with Crippen LogP contribution in [0.15, 0.2) is 98.7 Å². The van der Waals surface area contributed by atoms with Gasteiger partial charge in [-0.15, -0.1) is 34.0 Å². The lowest BCUT2D eigenvalue weighted by Crippen LogP contribution is -2.41. The maximum atomic E-state index is 15.1. The minimum atomic E-state index is -1.07. The summed E-state index contributed by atoms with van der Waals surface area (Å²) in [4.78, 5) is 55.2. The predicted molar refractivity (Wildman–Crippen MR) is 413 cm³/mol. The summed E-state index contributed by atoms with van der Waals surface area (Å²) in [7, 11) is -0.952. The highest BCUT2D eigenvalue weighted by molar-refractivity contribution is 9.10. The van der Waals surface area contributed by atoms with E-state index < -0.39 is 43.7 Å². The van der Waals surface area contributed by atoms with Crippen LogP contribution in [0.4, 0.5) is 24.8 Å². The van der Waals surface area contributed by atoms with Crippen LogP contribution in [0.1, 0.15) is 142 Å². The van der Waals surface area contributed by atoms with E-state index in [0.29, 0.717) is 61.1 Å². The number of anilines is 2. The molecule has 34 heteroatoms. The lowest BCUT2D eigenvalue weighted by atomic mass is 9.49. The van der Waals surface area contributed by atoms with Crippen molar-refractivity contribution in [2.24, 2.45) is 0 Å². The summed E-state index contributed by atoms with van der Waals surface area (Å²) in [5.74, 6) is -0.0736. The van der Waals surface area contributed by atoms with E-state index in [1.165, 1.54) is 77.0 Å². The lowest BCUT2D eigenvalue weighted by Gasteiger charge is -2.32. The number of aromatic nitrogens is 9. The van der Waals surface area contributed by atoms with Gasteiger partial charge in [0, 0.05) is 105 Å². The molecule has 7 aromatic heterocycles. The number of carbonyl (C=O) groups is 1. The number of rotatable bonds is 13. The number of thiazole rings is 3. The third-order valence-corrected chi connectivity index (χ3v) is 23.3. The number of fused-ring (bicyclic) bond motifs is 2. The fourth-order valence-electron chi connectivity index (χ4n) is 10.6. The summed E-state index contributed by atoms with van der Waals surface area (Å²) in [5.41, 5.74) is 4.38. The van der Waals surface area contributed by atoms with E-state index >= 15 is 4.39 Å². The molecular weight excluding hydrogens is 1620 g/mol. The highest BCUT2D eigenvalue weighted by Crippen LogP contribution is 2.44. The second-order valence-electron chi connectivity index (χ2n) is 26.0. The molecule has 2 atom stereocenters. The zero-order valence-electron chi connectivity index (χ0n) is 58.5. The van der Waals surface area contributed by atoms with E-state index in [2.05, 4.69) is 86.5 Å². The Labute approximate surface area is 650 Å². The number of hydrogen-bond donors (Lipinski definition) is 2. The average Bonchev–Trinajstić information content (AvgIpc) is 1.38. The van der Waals surface area contributed by atoms with Crippen molar-refractivity contribution >= 4 is 166 Å². The summed E-state index contributed by atoms with van der Waals surface area (Å²) in [5, 5.41) is 30.4. The Balaban J connectivity index is 0.000000144. The van der Waals surface area contributed by atoms with Gasteiger partial charge in [-0.05, 0) is 143 Å². The zero-order chi connectivity index (χ0) is 75.2. The third kappa shape index (κ3) is 19.0. The number of morpholine rings is 2. The van der Waals surface area contributed by atoms with Crippen LogP contribution in [0, 0.1) is 17.5 Å². The number of carbonyl (C=O) groups excluding carboxylic acids is 1. The van der Waals surface area contributed by atoms with Crippen LogP contribution in [-0.4, -0.2) is 150 Å². The molecular formula is C70H74B2Br2Cl4F3N11O9S3. The van der Waals surface area contributed by atoms with E-state index in [-0.39, 0.29) is 63.3 Å². The van der Waals surface area contributed by atoms with Crippen molar-refractivity contribution < 1.29 is 56.3 Å². The molecule has 2 unspecified atom stereocenters. The summed E-state index contributed by atoms with van der Waals surface area (Å²) in [6, 6.07) is 11.7. The number of aliphatic hydroxyl groups excluding tert-OH is 2. The molecule has 14 rings (SSSR count). The Morgan fingerprint density at radius 2 is 0.952 bits per heavy atom. The average molecular weight is 1690 g/mol. The number of ether oxygens (including phenoxy) is 2. The van der Waals surface area contributed by atoms with Gasteiger partial charge in [0.1, 0.15) is 69.1 Å². The predicted octanol–water partition coefficient (Wildman–Crippen LogP) is 17.0. The van der Waals surface area contributed by atoms with Gasteiger partial charge < -0.3 is 48.1 Å². The third-order valence-electron chi connectivity index (χ3n) is 18.1. The first-order chi connectivity index (χ1) is 49.3. The number of aryl methyl sites for hydroxylation is 3. The number of pyridine rings is 2. The van der Waals surface area contributed by atoms with Gasteiger partial charge in [0.25, 0.3) is 0 Å². The van der Waals surface area contributed by atoms with Crippen molar-refractivity contribution in [3.05, 3.63) is 185 Å². The van der Waals surface area contributed by atoms with Gasteiger partial charge in [-0.3, -0.25) is 4.79 Å². The second-order valence-corrected chi connectivity index (χ2v) is 32.0. The molecule has 11 heterocycles. The number of ketones is 1. The molecule has 0 spiro atoms. The molecule has 3 aromatic carbocycles. The second kappa shape index (κ2) is 34.8. The molecule has 0 saturated carbocycles. The van der Waals surface area contributed by atoms with Gasteiger partial charge in [-0.25, -0.2) is 58.0 Å². The molecule has 550 valence electrons. The van der Waals surface area contributed by atoms with Crippen LogP contribution >= 0.6 is 112 Å². The van der Waals surface area contributed by atoms with E-state index in [0.717, 1.165) is 104 Å². The van der Waals surface area contributed by atoms with Gasteiger partial charge in [-0.2, -0.15) is 0 Å². The van der Waals surface area contributed by atoms with Crippen LogP contribution in [-0.2, 0) is 47.4 Å². The Morgan fingerprint density at radius 3 is 1.42 bits per heavy atom. The van der Waals surface area contributed by atoms with Crippen molar-refractivity contribution in [3.8, 4) is 11.3 Å². The Morgan fingerprint density at radius 1 is 0.538 bits per heavy atom. The highest BCUT2D eigenvalue weighted by Gasteiger charge is 2.63. The van der Waals surface area contributed by atoms with Crippen molar-refractivity contribution in [3.63, 3.8) is 0 Å². The summed E-state index contributed by atoms with van der Waals surface area (Å²) >= 11 is 34.2. The van der Waals surface area contributed by atoms with Gasteiger partial charge >= 0.3 is 14.0 Å². The maximum Gasteiger partial charge on any atom is 0.488 e. The number of hydrogen-bond acceptors (Lipinski definition) is 23. The van der Waals surface area contributed by atoms with Gasteiger partial charge in [0.15, 0.2) is 5.01 Å². The fraction of sp³-hybridized carbons (Fsp3) is 0.400. The van der Waals surface area contributed by atoms with E-state index in [4.69, 9.17) is 74.5 Å². The number of aliphatic hydroxyl groups is 2. The molecule has 0 amide bonds. The van der Waals surface area contributed by atoms with Crippen LogP contribution in [0.3, 0.4) is 0 Å². The van der Waals surface area contributed by atoms with Crippen LogP contribution in [0.5, 0.6) is 0 Å². The molecule has 0 aliphatic carbocycles. The minimum absolute atomic E-state index is 0.0916. The normalized spacial score (nSPS) is 17.1. The standard InChI is InChI=1S/C23H21ClFN5O2S.C12H24B2O4.C12H10BrClFNOS.C12H8BrClFNOS.C11H11ClN4O/c1-2-13-11-33-23(29-13)22(31)14-7-15(18(25)8-17(14)24)21-16-10-26-20(9-19(16)27-12-28-21)30-3-5-32-6-4-30;1-9(2)10(3,4)16-13(15-9)14-17-11(5,6)12(7,8)18-14;2*1-2-6-5-18-12(16-6)11(17)7-3-8(13)10(15)4-9(7)14;12-11-8-6-13-10(5-9(8)14-7-15-11)16-1-3-17-4-2-16/h7-12,22,31H,2-6H2,1H3;1-8H3;3-5,11,17H,2H2,1H3;3-5H,2H2,1H3;5-7H,1-4H2. The van der Waals surface area contributed by atoms with Crippen molar-refractivity contribution in [1.82, 2.24) is 44.9 Å². The molecule has 10 aromatic rings. The summed E-state index contributed by atoms with van der Waals surface area (Å²) in [6.45, 7) is 28.1. The SMILES string of the molecule is CC1(C)OB(B2OC(C)(C)C(C)(C)O2)OC1(C)C.CCc1csc(C(=O)c2cc(Br)c(F)cc2Cl)n1.CCc1csc(C(O)c2cc(-c3ncnc4cc(N5CCOCC5)ncc34)c(F)cc2Cl)n1.CCc1csc(C(O)c2cc(Br)c(F)cc2Cl)n1.Clc1ncnc2cc(N3CCOCC3)ncc12. The first-order valence-electron chi connectivity index (χ1n) is 33.1. The Kier molecular flexibility index (Phi) is 27.1. The molecule has 20 nitrogen and oxygen atoms in total. The van der Waals surface area contributed by atoms with Crippen LogP contribution in [0.2, 0.25) is 20.2 Å². The maximum absolute atomic E-state index is 15.1. The quantitative estimate of drug-likeness (QED) is 0.0472. The van der Waals surface area contributed by atoms with Crippen molar-refractivity contribution in [2.75, 3.05) is 62.4 Å². The summed E-state index contributed by atoms with van der Waals surface area (Å²) < 4.78 is 76.6. The topological polar surface area (TPSA) is 235 Å². The number of halogens is 9. The number of benzene rings is 3. The first kappa shape index (κ1) is 81.0. The lowest BCUT2D eigenvalue weighted by molar-refractivity contribution is 0.00578. The fourth-order valence-corrected chi connectivity index (χ4v) is 14.9. The molecule has 2 N–H and O–H groups in total. The zero-order valence-corrected chi connectivity index (χ0v) is 67.2. The molecule has 104 heavy (non-hydrogen) atoms. The Bertz CT molecular complexity index is 4630. The molecule has 4 aliphatic rings. The molecule has 0 bridgehead atoms. The van der Waals surface area contributed by atoms with Gasteiger partial charge in [0.05, 0.1) is 102 Å². The Hall–Kier alpha value is -5.48. The molecule has 4 saturated heterocycles. The van der Waals surface area contributed by atoms with Gasteiger partial charge in [0.2, 0.25) is 5.78 Å². The highest BCUT2D eigenvalue weighted by atomic mass is 79.9. The van der Waals surface area contributed by atoms with Crippen LogP contribution < -0.4 is 9.80 Å².